The Labute approximate surface area is 87.5 Å². The second-order valence-corrected chi connectivity index (χ2v) is 4.38. The van der Waals surface area contributed by atoms with Gasteiger partial charge in [-0.15, -0.1) is 0 Å². The van der Waals surface area contributed by atoms with E-state index in [1.54, 1.807) is 0 Å². The van der Waals surface area contributed by atoms with Gasteiger partial charge in [0.2, 0.25) is 5.91 Å². The summed E-state index contributed by atoms with van der Waals surface area (Å²) in [6.07, 6.45) is 1.94. The first-order valence-corrected chi connectivity index (χ1v) is 5.30. The van der Waals surface area contributed by atoms with Gasteiger partial charge >= 0.3 is 5.97 Å². The Bertz CT molecular complexity index is 281. The van der Waals surface area contributed by atoms with Crippen molar-refractivity contribution >= 4 is 11.9 Å². The zero-order chi connectivity index (χ0) is 11.0. The lowest BCUT2D eigenvalue weighted by Gasteiger charge is -2.08. The number of carboxylic acid groups (broad SMARTS) is 1. The van der Waals surface area contributed by atoms with Crippen molar-refractivity contribution in [2.24, 2.45) is 17.8 Å². The highest BCUT2D eigenvalue weighted by atomic mass is 16.4. The Morgan fingerprint density at radius 1 is 1.33 bits per heavy atom. The van der Waals surface area contributed by atoms with Gasteiger partial charge in [0.25, 0.3) is 0 Å². The monoisotopic (exact) mass is 213 g/mol. The molecule has 0 radical (unpaired) electrons. The fourth-order valence-electron chi connectivity index (χ4n) is 2.61. The van der Waals surface area contributed by atoms with E-state index >= 15 is 0 Å². The van der Waals surface area contributed by atoms with Gasteiger partial charge < -0.3 is 15.5 Å². The number of aliphatic hydroxyl groups excluding tert-OH is 1. The van der Waals surface area contributed by atoms with Gasteiger partial charge in [-0.05, 0) is 24.7 Å². The molecule has 0 aromatic rings. The van der Waals surface area contributed by atoms with Gasteiger partial charge in [-0.25, -0.2) is 4.79 Å². The van der Waals surface area contributed by atoms with Crippen LogP contribution in [0.3, 0.4) is 0 Å². The Balaban J connectivity index is 1.72. The summed E-state index contributed by atoms with van der Waals surface area (Å²) in [4.78, 5) is 21.8. The van der Waals surface area contributed by atoms with Crippen molar-refractivity contribution in [1.29, 1.82) is 0 Å². The van der Waals surface area contributed by atoms with Crippen LogP contribution in [0.5, 0.6) is 0 Å². The Morgan fingerprint density at radius 2 is 1.93 bits per heavy atom. The van der Waals surface area contributed by atoms with Gasteiger partial charge in [0, 0.05) is 5.92 Å². The van der Waals surface area contributed by atoms with E-state index in [0.29, 0.717) is 11.8 Å². The van der Waals surface area contributed by atoms with Crippen LogP contribution in [-0.4, -0.2) is 34.7 Å². The minimum absolute atomic E-state index is 0.0831. The summed E-state index contributed by atoms with van der Waals surface area (Å²) in [5.74, 6) is -0.269. The Kier molecular flexibility index (Phi) is 2.65. The topological polar surface area (TPSA) is 86.6 Å². The maximum Gasteiger partial charge on any atom is 0.334 e. The maximum absolute atomic E-state index is 11.5. The molecule has 0 bridgehead atoms. The molecule has 2 fully saturated rings. The van der Waals surface area contributed by atoms with E-state index in [4.69, 9.17) is 10.2 Å². The predicted molar refractivity (Wildman–Crippen MR) is 51.0 cm³/mol. The lowest BCUT2D eigenvalue weighted by Crippen LogP contribution is -2.37. The molecule has 0 spiro atoms. The normalized spacial score (nSPS) is 34.3. The van der Waals surface area contributed by atoms with E-state index in [0.717, 1.165) is 12.8 Å². The standard InChI is InChI=1S/C10H15NO4/c12-7(10(14)15)4-11-9(13)8-5-2-1-3-6(5)8/h5-8,12H,1-4H2,(H,11,13)(H,14,15). The first kappa shape index (κ1) is 10.4. The smallest absolute Gasteiger partial charge is 0.334 e. The van der Waals surface area contributed by atoms with E-state index in [2.05, 4.69) is 5.32 Å². The summed E-state index contributed by atoms with van der Waals surface area (Å²) < 4.78 is 0. The molecule has 3 unspecified atom stereocenters. The molecule has 0 saturated heterocycles. The highest BCUT2D eigenvalue weighted by Crippen LogP contribution is 2.57. The summed E-state index contributed by atoms with van der Waals surface area (Å²) in [5, 5.41) is 19.9. The lowest BCUT2D eigenvalue weighted by molar-refractivity contribution is -0.146. The summed E-state index contributed by atoms with van der Waals surface area (Å²) in [5.41, 5.74) is 0. The zero-order valence-electron chi connectivity index (χ0n) is 8.35. The molecule has 3 N–H and O–H groups in total. The molecule has 0 aliphatic heterocycles. The number of amides is 1. The van der Waals surface area contributed by atoms with Gasteiger partial charge in [-0.2, -0.15) is 0 Å². The van der Waals surface area contributed by atoms with Crippen LogP contribution in [0.25, 0.3) is 0 Å². The predicted octanol–water partition coefficient (Wildman–Crippen LogP) is -0.406. The van der Waals surface area contributed by atoms with E-state index < -0.39 is 12.1 Å². The molecular weight excluding hydrogens is 198 g/mol. The van der Waals surface area contributed by atoms with E-state index in [1.165, 1.54) is 6.42 Å². The number of carbonyl (C=O) groups excluding carboxylic acids is 1. The molecule has 0 aromatic heterocycles. The van der Waals surface area contributed by atoms with Crippen molar-refractivity contribution in [1.82, 2.24) is 5.32 Å². The molecular formula is C10H15NO4. The molecule has 5 heteroatoms. The molecule has 2 aliphatic rings. The second kappa shape index (κ2) is 3.81. The largest absolute Gasteiger partial charge is 0.479 e. The van der Waals surface area contributed by atoms with Crippen LogP contribution in [0.4, 0.5) is 0 Å². The zero-order valence-corrected chi connectivity index (χ0v) is 8.35. The molecule has 2 aliphatic carbocycles. The van der Waals surface area contributed by atoms with Gasteiger partial charge in [-0.1, -0.05) is 6.42 Å². The number of nitrogens with one attached hydrogen (secondary N) is 1. The average Bonchev–Trinajstić information content (AvgIpc) is 2.68. The maximum atomic E-state index is 11.5. The highest BCUT2D eigenvalue weighted by molar-refractivity contribution is 5.83. The number of hydrogen-bond acceptors (Lipinski definition) is 3. The molecule has 3 atom stereocenters. The molecule has 15 heavy (non-hydrogen) atoms. The van der Waals surface area contributed by atoms with Crippen LogP contribution in [0.2, 0.25) is 0 Å². The molecule has 0 heterocycles. The van der Waals surface area contributed by atoms with Crippen molar-refractivity contribution in [2.75, 3.05) is 6.54 Å². The summed E-state index contributed by atoms with van der Waals surface area (Å²) in [7, 11) is 0. The van der Waals surface area contributed by atoms with Gasteiger partial charge in [-0.3, -0.25) is 4.79 Å². The second-order valence-electron chi connectivity index (χ2n) is 4.38. The van der Waals surface area contributed by atoms with Crippen molar-refractivity contribution in [3.8, 4) is 0 Å². The SMILES string of the molecule is O=C(O)C(O)CNC(=O)C1C2CCCC21. The van der Waals surface area contributed by atoms with Crippen molar-refractivity contribution in [3.63, 3.8) is 0 Å². The molecule has 5 nitrogen and oxygen atoms in total. The summed E-state index contributed by atoms with van der Waals surface area (Å²) >= 11 is 0. The van der Waals surface area contributed by atoms with Crippen LogP contribution >= 0.6 is 0 Å². The molecule has 0 aromatic carbocycles. The number of fused-ring (bicyclic) bond motifs is 1. The number of hydrogen-bond donors (Lipinski definition) is 3. The van der Waals surface area contributed by atoms with Crippen molar-refractivity contribution in [3.05, 3.63) is 0 Å². The molecule has 1 amide bonds. The third-order valence-electron chi connectivity index (χ3n) is 3.46. The third kappa shape index (κ3) is 1.97. The number of carbonyl (C=O) groups is 2. The Morgan fingerprint density at radius 3 is 2.47 bits per heavy atom. The first-order valence-electron chi connectivity index (χ1n) is 5.30. The number of carboxylic acids is 1. The highest BCUT2D eigenvalue weighted by Gasteiger charge is 2.56. The van der Waals surface area contributed by atoms with Crippen LogP contribution in [0, 0.1) is 17.8 Å². The van der Waals surface area contributed by atoms with Gasteiger partial charge in [0.15, 0.2) is 6.10 Å². The summed E-state index contributed by atoms with van der Waals surface area (Å²) in [6, 6.07) is 0. The minimum Gasteiger partial charge on any atom is -0.479 e. The van der Waals surface area contributed by atoms with E-state index in [1.807, 2.05) is 0 Å². The van der Waals surface area contributed by atoms with Crippen LogP contribution < -0.4 is 5.32 Å². The molecule has 2 rings (SSSR count). The van der Waals surface area contributed by atoms with Crippen LogP contribution in [-0.2, 0) is 9.59 Å². The van der Waals surface area contributed by atoms with E-state index in [9.17, 15) is 9.59 Å². The quantitative estimate of drug-likeness (QED) is 0.592. The van der Waals surface area contributed by atoms with Gasteiger partial charge in [0.05, 0.1) is 6.54 Å². The fourth-order valence-corrected chi connectivity index (χ4v) is 2.61. The molecule has 2 saturated carbocycles. The van der Waals surface area contributed by atoms with E-state index in [-0.39, 0.29) is 18.4 Å². The fraction of sp³-hybridized carbons (Fsp3) is 0.800. The first-order chi connectivity index (χ1) is 7.11. The minimum atomic E-state index is -1.49. The third-order valence-corrected chi connectivity index (χ3v) is 3.46. The lowest BCUT2D eigenvalue weighted by atomic mass is 10.1. The summed E-state index contributed by atoms with van der Waals surface area (Å²) in [6.45, 7) is -0.190. The van der Waals surface area contributed by atoms with Crippen molar-refractivity contribution in [2.45, 2.75) is 25.4 Å². The Hall–Kier alpha value is -1.10. The van der Waals surface area contributed by atoms with Crippen molar-refractivity contribution < 1.29 is 19.8 Å². The number of rotatable bonds is 4. The van der Waals surface area contributed by atoms with Crippen LogP contribution in [0.1, 0.15) is 19.3 Å². The number of aliphatic carboxylic acids is 1. The molecule has 84 valence electrons. The average molecular weight is 213 g/mol. The number of aliphatic hydroxyl groups is 1. The van der Waals surface area contributed by atoms with Crippen LogP contribution in [0.15, 0.2) is 0 Å². The van der Waals surface area contributed by atoms with Gasteiger partial charge in [0.1, 0.15) is 0 Å².